The third kappa shape index (κ3) is 5.55. The molecule has 2 aromatic carbocycles. The SMILES string of the molecule is COc1ccc(C2NC(=O)NC(CCc3ccccc3Cl)=C2C(=O)OCc2ccccc2)cn1. The average molecular weight is 478 g/mol. The first kappa shape index (κ1) is 23.3. The van der Waals surface area contributed by atoms with Gasteiger partial charge in [-0.2, -0.15) is 0 Å². The fourth-order valence-electron chi connectivity index (χ4n) is 3.75. The van der Waals surface area contributed by atoms with E-state index in [4.69, 9.17) is 21.1 Å². The van der Waals surface area contributed by atoms with Crippen LogP contribution in [0.5, 0.6) is 5.88 Å². The number of hydrogen-bond donors (Lipinski definition) is 2. The van der Waals surface area contributed by atoms with E-state index in [9.17, 15) is 9.59 Å². The van der Waals surface area contributed by atoms with E-state index in [-0.39, 0.29) is 6.61 Å². The molecule has 0 aliphatic carbocycles. The van der Waals surface area contributed by atoms with Crippen molar-refractivity contribution in [3.63, 3.8) is 0 Å². The Balaban J connectivity index is 1.66. The van der Waals surface area contributed by atoms with Gasteiger partial charge in [-0.15, -0.1) is 0 Å². The van der Waals surface area contributed by atoms with Gasteiger partial charge in [-0.25, -0.2) is 14.6 Å². The maximum atomic E-state index is 13.3. The smallest absolute Gasteiger partial charge is 0.338 e. The summed E-state index contributed by atoms with van der Waals surface area (Å²) in [6, 6.07) is 19.2. The predicted octanol–water partition coefficient (Wildman–Crippen LogP) is 4.73. The van der Waals surface area contributed by atoms with E-state index in [1.54, 1.807) is 18.3 Å². The molecule has 1 aromatic heterocycles. The van der Waals surface area contributed by atoms with Gasteiger partial charge in [0.15, 0.2) is 0 Å². The van der Waals surface area contributed by atoms with Crippen LogP contribution in [0.4, 0.5) is 4.79 Å². The Morgan fingerprint density at radius 1 is 1.03 bits per heavy atom. The molecular formula is C26H24ClN3O4. The highest BCUT2D eigenvalue weighted by Gasteiger charge is 2.34. The Hall–Kier alpha value is -3.84. The van der Waals surface area contributed by atoms with Crippen molar-refractivity contribution in [1.29, 1.82) is 0 Å². The fourth-order valence-corrected chi connectivity index (χ4v) is 3.98. The third-order valence-corrected chi connectivity index (χ3v) is 5.86. The first-order chi connectivity index (χ1) is 16.5. The number of rotatable bonds is 8. The minimum absolute atomic E-state index is 0.114. The highest BCUT2D eigenvalue weighted by Crippen LogP contribution is 2.30. The number of ether oxygens (including phenoxy) is 2. The standard InChI is InChI=1S/C26H24ClN3O4/c1-33-22-14-12-19(15-28-22)24-23(25(31)34-16-17-7-3-2-4-8-17)21(29-26(32)30-24)13-11-18-9-5-6-10-20(18)27/h2-10,12,14-15,24H,11,13,16H2,1H3,(H2,29,30,32). The van der Waals surface area contributed by atoms with Crippen molar-refractivity contribution in [3.8, 4) is 5.88 Å². The van der Waals surface area contributed by atoms with E-state index < -0.39 is 18.0 Å². The molecule has 8 heteroatoms. The van der Waals surface area contributed by atoms with Gasteiger partial charge in [0.1, 0.15) is 6.61 Å². The van der Waals surface area contributed by atoms with Gasteiger partial charge in [-0.3, -0.25) is 0 Å². The Kier molecular flexibility index (Phi) is 7.44. The van der Waals surface area contributed by atoms with Crippen LogP contribution in [0.2, 0.25) is 5.02 Å². The number of aryl methyl sites for hydroxylation is 1. The number of allylic oxidation sites excluding steroid dienone is 1. The lowest BCUT2D eigenvalue weighted by Crippen LogP contribution is -2.46. The number of aromatic nitrogens is 1. The van der Waals surface area contributed by atoms with E-state index in [0.717, 1.165) is 11.1 Å². The molecular weight excluding hydrogens is 454 g/mol. The first-order valence-electron chi connectivity index (χ1n) is 10.8. The van der Waals surface area contributed by atoms with Gasteiger partial charge in [0.2, 0.25) is 5.88 Å². The van der Waals surface area contributed by atoms with Gasteiger partial charge in [0.05, 0.1) is 18.7 Å². The Bertz CT molecular complexity index is 1200. The van der Waals surface area contributed by atoms with Gasteiger partial charge in [0.25, 0.3) is 0 Å². The maximum absolute atomic E-state index is 13.3. The van der Waals surface area contributed by atoms with Crippen LogP contribution in [0, 0.1) is 0 Å². The molecule has 2 N–H and O–H groups in total. The third-order valence-electron chi connectivity index (χ3n) is 5.49. The quantitative estimate of drug-likeness (QED) is 0.458. The summed E-state index contributed by atoms with van der Waals surface area (Å²) in [5.74, 6) is -0.0912. The van der Waals surface area contributed by atoms with Crippen molar-refractivity contribution in [2.24, 2.45) is 0 Å². The largest absolute Gasteiger partial charge is 0.481 e. The monoisotopic (exact) mass is 477 g/mol. The Morgan fingerprint density at radius 3 is 2.50 bits per heavy atom. The van der Waals surface area contributed by atoms with E-state index in [0.29, 0.717) is 40.6 Å². The highest BCUT2D eigenvalue weighted by molar-refractivity contribution is 6.31. The van der Waals surface area contributed by atoms with Crippen molar-refractivity contribution in [1.82, 2.24) is 15.6 Å². The van der Waals surface area contributed by atoms with Crippen LogP contribution in [-0.2, 0) is 22.6 Å². The van der Waals surface area contributed by atoms with Crippen molar-refractivity contribution in [2.75, 3.05) is 7.11 Å². The summed E-state index contributed by atoms with van der Waals surface area (Å²) in [6.07, 6.45) is 2.51. The molecule has 0 fully saturated rings. The molecule has 0 saturated heterocycles. The Labute approximate surface area is 202 Å². The summed E-state index contributed by atoms with van der Waals surface area (Å²) >= 11 is 6.31. The van der Waals surface area contributed by atoms with Crippen LogP contribution in [0.25, 0.3) is 0 Å². The summed E-state index contributed by atoms with van der Waals surface area (Å²) in [4.78, 5) is 30.1. The Morgan fingerprint density at radius 2 is 1.79 bits per heavy atom. The van der Waals surface area contributed by atoms with Gasteiger partial charge in [0, 0.05) is 23.0 Å². The molecule has 3 aromatic rings. The molecule has 174 valence electrons. The molecule has 2 amide bonds. The second-order valence-corrected chi connectivity index (χ2v) is 8.12. The number of benzene rings is 2. The second-order valence-electron chi connectivity index (χ2n) is 7.71. The summed E-state index contributed by atoms with van der Waals surface area (Å²) in [5.41, 5.74) is 3.24. The molecule has 1 atom stereocenters. The number of esters is 1. The van der Waals surface area contributed by atoms with Gasteiger partial charge >= 0.3 is 12.0 Å². The van der Waals surface area contributed by atoms with Crippen LogP contribution in [0.15, 0.2) is 84.2 Å². The molecule has 0 bridgehead atoms. The number of halogens is 1. The van der Waals surface area contributed by atoms with Crippen LogP contribution in [0.1, 0.15) is 29.2 Å². The lowest BCUT2D eigenvalue weighted by molar-refractivity contribution is -0.140. The summed E-state index contributed by atoms with van der Waals surface area (Å²) in [7, 11) is 1.52. The van der Waals surface area contributed by atoms with Gasteiger partial charge in [-0.05, 0) is 41.7 Å². The van der Waals surface area contributed by atoms with E-state index in [2.05, 4.69) is 15.6 Å². The molecule has 34 heavy (non-hydrogen) atoms. The molecule has 0 saturated carbocycles. The fraction of sp³-hybridized carbons (Fsp3) is 0.192. The average Bonchev–Trinajstić information content (AvgIpc) is 2.87. The maximum Gasteiger partial charge on any atom is 0.338 e. The molecule has 0 radical (unpaired) electrons. The molecule has 7 nitrogen and oxygen atoms in total. The first-order valence-corrected chi connectivity index (χ1v) is 11.2. The zero-order valence-corrected chi connectivity index (χ0v) is 19.3. The van der Waals surface area contributed by atoms with Gasteiger partial charge in [-0.1, -0.05) is 60.1 Å². The molecule has 2 heterocycles. The number of urea groups is 1. The number of pyridine rings is 1. The second kappa shape index (κ2) is 10.9. The molecule has 0 spiro atoms. The van der Waals surface area contributed by atoms with Crippen LogP contribution < -0.4 is 15.4 Å². The normalized spacial score (nSPS) is 15.4. The number of carbonyl (C=O) groups excluding carboxylic acids is 2. The molecule has 1 unspecified atom stereocenters. The minimum Gasteiger partial charge on any atom is -0.481 e. The number of nitrogens with one attached hydrogen (secondary N) is 2. The van der Waals surface area contributed by atoms with E-state index in [1.165, 1.54) is 7.11 Å². The lowest BCUT2D eigenvalue weighted by Gasteiger charge is -2.29. The number of carbonyl (C=O) groups is 2. The lowest BCUT2D eigenvalue weighted by atomic mass is 9.94. The van der Waals surface area contributed by atoms with Crippen molar-refractivity contribution >= 4 is 23.6 Å². The summed E-state index contributed by atoms with van der Waals surface area (Å²) < 4.78 is 10.8. The highest BCUT2D eigenvalue weighted by atomic mass is 35.5. The van der Waals surface area contributed by atoms with Crippen molar-refractivity contribution in [2.45, 2.75) is 25.5 Å². The van der Waals surface area contributed by atoms with E-state index in [1.807, 2.05) is 54.6 Å². The number of nitrogens with zero attached hydrogens (tertiary/aromatic N) is 1. The zero-order chi connectivity index (χ0) is 23.9. The van der Waals surface area contributed by atoms with E-state index >= 15 is 0 Å². The topological polar surface area (TPSA) is 89.6 Å². The van der Waals surface area contributed by atoms with Crippen LogP contribution >= 0.6 is 11.6 Å². The molecule has 4 rings (SSSR count). The summed E-state index contributed by atoms with van der Waals surface area (Å²) in [6.45, 7) is 0.114. The summed E-state index contributed by atoms with van der Waals surface area (Å²) in [5, 5.41) is 6.25. The number of amides is 2. The predicted molar refractivity (Wildman–Crippen MR) is 128 cm³/mol. The zero-order valence-electron chi connectivity index (χ0n) is 18.6. The van der Waals surface area contributed by atoms with Crippen molar-refractivity contribution in [3.05, 3.63) is 106 Å². The minimum atomic E-state index is -0.725. The number of methoxy groups -OCH3 is 1. The molecule has 1 aliphatic rings. The van der Waals surface area contributed by atoms with Crippen LogP contribution in [-0.4, -0.2) is 24.1 Å². The molecule has 1 aliphatic heterocycles. The number of hydrogen-bond acceptors (Lipinski definition) is 5. The van der Waals surface area contributed by atoms with Crippen LogP contribution in [0.3, 0.4) is 0 Å². The van der Waals surface area contributed by atoms with Gasteiger partial charge < -0.3 is 20.1 Å². The van der Waals surface area contributed by atoms with Crippen molar-refractivity contribution < 1.29 is 19.1 Å².